The molecule has 2 nitrogen and oxygen atoms in total. The smallest absolute Gasteiger partial charge is 0.161 e. The molecular weight excluding hydrogens is 206 g/mol. The van der Waals surface area contributed by atoms with E-state index >= 15 is 0 Å². The lowest BCUT2D eigenvalue weighted by Crippen LogP contribution is -2.13. The molecule has 0 fully saturated rings. The zero-order valence-electron chi connectivity index (χ0n) is 7.99. The van der Waals surface area contributed by atoms with E-state index < -0.39 is 0 Å². The van der Waals surface area contributed by atoms with Gasteiger partial charge in [0.15, 0.2) is 5.78 Å². The molecule has 3 heteroatoms. The minimum absolute atomic E-state index is 0.168. The fourth-order valence-corrected chi connectivity index (χ4v) is 2.73. The fraction of sp³-hybridized carbons (Fsp3) is 0.0833. The van der Waals surface area contributed by atoms with Gasteiger partial charge in [-0.2, -0.15) is 0 Å². The van der Waals surface area contributed by atoms with Crippen LogP contribution in [0.2, 0.25) is 0 Å². The zero-order valence-corrected chi connectivity index (χ0v) is 8.80. The molecule has 1 aliphatic carbocycles. The van der Waals surface area contributed by atoms with E-state index in [1.54, 1.807) is 17.8 Å². The third-order valence-corrected chi connectivity index (χ3v) is 3.64. The van der Waals surface area contributed by atoms with Crippen molar-refractivity contribution in [2.75, 3.05) is 5.32 Å². The molecule has 1 heterocycles. The van der Waals surface area contributed by atoms with Gasteiger partial charge in [0.05, 0.1) is 12.1 Å². The van der Waals surface area contributed by atoms with Gasteiger partial charge in [0.25, 0.3) is 0 Å². The van der Waals surface area contributed by atoms with Crippen LogP contribution in [0.1, 0.15) is 6.42 Å². The van der Waals surface area contributed by atoms with Gasteiger partial charge < -0.3 is 5.32 Å². The van der Waals surface area contributed by atoms with Gasteiger partial charge in [-0.05, 0) is 24.3 Å². The van der Waals surface area contributed by atoms with E-state index in [-0.39, 0.29) is 5.78 Å². The summed E-state index contributed by atoms with van der Waals surface area (Å²) in [6.45, 7) is 0. The zero-order chi connectivity index (χ0) is 10.3. The topological polar surface area (TPSA) is 29.1 Å². The van der Waals surface area contributed by atoms with Crippen LogP contribution in [0.4, 0.5) is 5.69 Å². The monoisotopic (exact) mass is 215 g/mol. The van der Waals surface area contributed by atoms with Crippen molar-refractivity contribution < 1.29 is 4.79 Å². The second-order valence-electron chi connectivity index (χ2n) is 3.54. The number of benzene rings is 1. The SMILES string of the molecule is O=C1C=CC2=C(C1)Nc1ccccc1S2. The Hall–Kier alpha value is -1.48. The number of nitrogens with one attached hydrogen (secondary N) is 1. The number of hydrogen-bond acceptors (Lipinski definition) is 3. The van der Waals surface area contributed by atoms with Gasteiger partial charge in [0.2, 0.25) is 0 Å². The maximum Gasteiger partial charge on any atom is 0.161 e. The third-order valence-electron chi connectivity index (χ3n) is 2.46. The molecule has 3 rings (SSSR count). The van der Waals surface area contributed by atoms with Crippen molar-refractivity contribution in [3.05, 3.63) is 47.0 Å². The van der Waals surface area contributed by atoms with Crippen LogP contribution in [0.3, 0.4) is 0 Å². The summed E-state index contributed by atoms with van der Waals surface area (Å²) in [5.74, 6) is 0.168. The van der Waals surface area contributed by atoms with Crippen LogP contribution in [-0.4, -0.2) is 5.78 Å². The Morgan fingerprint density at radius 2 is 2.07 bits per heavy atom. The van der Waals surface area contributed by atoms with Crippen molar-refractivity contribution in [3.63, 3.8) is 0 Å². The fourth-order valence-electron chi connectivity index (χ4n) is 1.73. The number of thioether (sulfide) groups is 1. The van der Waals surface area contributed by atoms with E-state index in [2.05, 4.69) is 11.4 Å². The standard InChI is InChI=1S/C12H9NOS/c14-8-5-6-12-10(7-8)13-9-3-1-2-4-11(9)15-12/h1-6,13H,7H2. The van der Waals surface area contributed by atoms with Crippen LogP contribution in [0.25, 0.3) is 0 Å². The lowest BCUT2D eigenvalue weighted by Gasteiger charge is -2.23. The second kappa shape index (κ2) is 3.28. The Morgan fingerprint density at radius 3 is 3.00 bits per heavy atom. The summed E-state index contributed by atoms with van der Waals surface area (Å²) >= 11 is 1.72. The highest BCUT2D eigenvalue weighted by Crippen LogP contribution is 2.41. The molecule has 0 saturated heterocycles. The second-order valence-corrected chi connectivity index (χ2v) is 4.63. The Bertz CT molecular complexity index is 502. The number of fused-ring (bicyclic) bond motifs is 1. The van der Waals surface area contributed by atoms with Gasteiger partial charge in [0, 0.05) is 15.5 Å². The molecule has 1 N–H and O–H groups in total. The van der Waals surface area contributed by atoms with Crippen molar-refractivity contribution in [1.82, 2.24) is 0 Å². The van der Waals surface area contributed by atoms with E-state index in [0.717, 1.165) is 16.3 Å². The van der Waals surface area contributed by atoms with Gasteiger partial charge in [-0.1, -0.05) is 23.9 Å². The summed E-state index contributed by atoms with van der Waals surface area (Å²) in [7, 11) is 0. The van der Waals surface area contributed by atoms with Crippen molar-refractivity contribution in [3.8, 4) is 0 Å². The molecule has 1 aliphatic heterocycles. The van der Waals surface area contributed by atoms with Crippen LogP contribution in [-0.2, 0) is 4.79 Å². The van der Waals surface area contributed by atoms with Crippen LogP contribution in [0.5, 0.6) is 0 Å². The highest BCUT2D eigenvalue weighted by Gasteiger charge is 2.20. The molecule has 15 heavy (non-hydrogen) atoms. The quantitative estimate of drug-likeness (QED) is 0.721. The molecule has 0 radical (unpaired) electrons. The van der Waals surface area contributed by atoms with Crippen molar-refractivity contribution in [2.45, 2.75) is 11.3 Å². The minimum atomic E-state index is 0.168. The Balaban J connectivity index is 2.02. The number of rotatable bonds is 0. The minimum Gasteiger partial charge on any atom is -0.357 e. The Kier molecular flexibility index (Phi) is 1.92. The molecular formula is C12H9NOS. The van der Waals surface area contributed by atoms with E-state index in [1.807, 2.05) is 24.3 Å². The van der Waals surface area contributed by atoms with Crippen LogP contribution < -0.4 is 5.32 Å². The number of hydrogen-bond donors (Lipinski definition) is 1. The molecule has 0 bridgehead atoms. The van der Waals surface area contributed by atoms with Crippen LogP contribution in [0.15, 0.2) is 51.9 Å². The highest BCUT2D eigenvalue weighted by molar-refractivity contribution is 8.03. The molecule has 0 saturated carbocycles. The van der Waals surface area contributed by atoms with Crippen molar-refractivity contribution >= 4 is 23.2 Å². The first-order valence-corrected chi connectivity index (χ1v) is 5.62. The molecule has 2 aliphatic rings. The first kappa shape index (κ1) is 8.80. The molecule has 1 aromatic carbocycles. The van der Waals surface area contributed by atoms with Gasteiger partial charge in [-0.15, -0.1) is 0 Å². The summed E-state index contributed by atoms with van der Waals surface area (Å²) in [6.07, 6.45) is 4.05. The average molecular weight is 215 g/mol. The number of ketones is 1. The average Bonchev–Trinajstić information content (AvgIpc) is 2.26. The van der Waals surface area contributed by atoms with E-state index in [1.165, 1.54) is 4.90 Å². The first-order valence-electron chi connectivity index (χ1n) is 4.81. The predicted octanol–water partition coefficient (Wildman–Crippen LogP) is 2.94. The Morgan fingerprint density at radius 1 is 1.20 bits per heavy atom. The number of carbonyl (C=O) groups excluding carboxylic acids is 1. The maximum absolute atomic E-state index is 11.3. The third kappa shape index (κ3) is 1.49. The lowest BCUT2D eigenvalue weighted by molar-refractivity contribution is -0.114. The number of allylic oxidation sites excluding steroid dienone is 3. The maximum atomic E-state index is 11.3. The lowest BCUT2D eigenvalue weighted by atomic mass is 10.1. The number of anilines is 1. The summed E-state index contributed by atoms with van der Waals surface area (Å²) in [5, 5.41) is 3.32. The number of para-hydroxylation sites is 1. The molecule has 0 unspecified atom stereocenters. The van der Waals surface area contributed by atoms with Crippen LogP contribution in [0, 0.1) is 0 Å². The summed E-state index contributed by atoms with van der Waals surface area (Å²) in [5.41, 5.74) is 2.13. The normalized spacial score (nSPS) is 18.3. The predicted molar refractivity (Wildman–Crippen MR) is 61.7 cm³/mol. The van der Waals surface area contributed by atoms with E-state index in [4.69, 9.17) is 0 Å². The van der Waals surface area contributed by atoms with Crippen molar-refractivity contribution in [1.29, 1.82) is 0 Å². The highest BCUT2D eigenvalue weighted by atomic mass is 32.2. The molecule has 0 atom stereocenters. The van der Waals surface area contributed by atoms with Gasteiger partial charge in [-0.25, -0.2) is 0 Å². The summed E-state index contributed by atoms with van der Waals surface area (Å²) in [4.78, 5) is 13.6. The molecule has 1 aromatic rings. The van der Waals surface area contributed by atoms with Gasteiger partial charge in [-0.3, -0.25) is 4.79 Å². The van der Waals surface area contributed by atoms with Crippen molar-refractivity contribution in [2.24, 2.45) is 0 Å². The number of carbonyl (C=O) groups is 1. The molecule has 0 aromatic heterocycles. The summed E-state index contributed by atoms with van der Waals surface area (Å²) in [6, 6.07) is 8.14. The van der Waals surface area contributed by atoms with E-state index in [0.29, 0.717) is 6.42 Å². The summed E-state index contributed by atoms with van der Waals surface area (Å²) < 4.78 is 0. The van der Waals surface area contributed by atoms with Crippen LogP contribution >= 0.6 is 11.8 Å². The molecule has 0 spiro atoms. The van der Waals surface area contributed by atoms with E-state index in [9.17, 15) is 4.79 Å². The molecule has 0 amide bonds. The van der Waals surface area contributed by atoms with Gasteiger partial charge in [0.1, 0.15) is 0 Å². The largest absolute Gasteiger partial charge is 0.357 e. The first-order chi connectivity index (χ1) is 7.33. The Labute approximate surface area is 92.1 Å². The molecule has 74 valence electrons. The van der Waals surface area contributed by atoms with Gasteiger partial charge >= 0.3 is 0 Å².